The number of piperidine rings is 1. The van der Waals surface area contributed by atoms with Gasteiger partial charge in [0.25, 0.3) is 10.2 Å². The van der Waals surface area contributed by atoms with E-state index in [1.807, 2.05) is 0 Å². The number of likely N-dealkylation sites (tertiary alicyclic amines) is 1. The lowest BCUT2D eigenvalue weighted by atomic mass is 9.88. The third-order valence-corrected chi connectivity index (χ3v) is 6.29. The van der Waals surface area contributed by atoms with Crippen LogP contribution in [0.15, 0.2) is 17.5 Å². The molecule has 0 bridgehead atoms. The number of hydrogen-bond acceptors (Lipinski definition) is 4. The van der Waals surface area contributed by atoms with Gasteiger partial charge in [0, 0.05) is 31.6 Å². The molecular weight excluding hydrogens is 294 g/mol. The highest BCUT2D eigenvalue weighted by atomic mass is 32.2. The molecule has 0 aromatic carbocycles. The van der Waals surface area contributed by atoms with E-state index in [0.29, 0.717) is 18.5 Å². The summed E-state index contributed by atoms with van der Waals surface area (Å²) in [7, 11) is 1.88. The molecule has 0 aliphatic carbocycles. The van der Waals surface area contributed by atoms with Crippen LogP contribution in [0.1, 0.15) is 23.8 Å². The van der Waals surface area contributed by atoms with Crippen molar-refractivity contribution in [3.8, 4) is 0 Å². The second-order valence-corrected chi connectivity index (χ2v) is 8.43. The summed E-state index contributed by atoms with van der Waals surface area (Å²) >= 11 is 1.75. The van der Waals surface area contributed by atoms with Crippen molar-refractivity contribution < 1.29 is 8.42 Å². The molecule has 2 atom stereocenters. The molecule has 0 saturated carbocycles. The van der Waals surface area contributed by atoms with E-state index in [4.69, 9.17) is 0 Å². The normalized spacial score (nSPS) is 25.2. The lowest BCUT2D eigenvalue weighted by Gasteiger charge is -2.39. The molecular formula is C13H23N3O2S2. The van der Waals surface area contributed by atoms with E-state index >= 15 is 0 Å². The van der Waals surface area contributed by atoms with E-state index < -0.39 is 10.2 Å². The minimum Gasteiger partial charge on any atom is -0.298 e. The smallest absolute Gasteiger partial charge is 0.278 e. The molecule has 0 radical (unpaired) electrons. The Morgan fingerprint density at radius 1 is 1.50 bits per heavy atom. The third-order valence-electron chi connectivity index (χ3n) is 3.85. The first-order valence-corrected chi connectivity index (χ1v) is 9.14. The van der Waals surface area contributed by atoms with Crippen LogP contribution in [0.5, 0.6) is 0 Å². The molecule has 0 spiro atoms. The second-order valence-electron chi connectivity index (χ2n) is 5.48. The van der Waals surface area contributed by atoms with Crippen molar-refractivity contribution in [2.75, 3.05) is 34.2 Å². The molecule has 1 aromatic rings. The zero-order valence-corrected chi connectivity index (χ0v) is 13.9. The van der Waals surface area contributed by atoms with E-state index in [9.17, 15) is 8.42 Å². The van der Waals surface area contributed by atoms with E-state index in [-0.39, 0.29) is 0 Å². The molecule has 1 aliphatic rings. The van der Waals surface area contributed by atoms with Crippen LogP contribution >= 0.6 is 11.3 Å². The van der Waals surface area contributed by atoms with Gasteiger partial charge in [-0.15, -0.1) is 11.3 Å². The van der Waals surface area contributed by atoms with Gasteiger partial charge in [0.2, 0.25) is 0 Å². The minimum atomic E-state index is -3.34. The molecule has 2 rings (SSSR count). The summed E-state index contributed by atoms with van der Waals surface area (Å²) in [5.41, 5.74) is 0. The zero-order valence-electron chi connectivity index (χ0n) is 12.2. The molecule has 114 valence electrons. The Kier molecular flexibility index (Phi) is 5.19. The van der Waals surface area contributed by atoms with Crippen LogP contribution in [-0.4, -0.2) is 51.9 Å². The Balaban J connectivity index is 2.08. The Morgan fingerprint density at radius 3 is 2.85 bits per heavy atom. The number of hydrogen-bond donors (Lipinski definition) is 1. The lowest BCUT2D eigenvalue weighted by molar-refractivity contribution is 0.125. The molecule has 2 heterocycles. The van der Waals surface area contributed by atoms with E-state index in [0.717, 1.165) is 19.4 Å². The molecule has 1 fully saturated rings. The second kappa shape index (κ2) is 6.53. The first-order chi connectivity index (χ1) is 9.42. The van der Waals surface area contributed by atoms with Crippen LogP contribution in [0.4, 0.5) is 0 Å². The van der Waals surface area contributed by atoms with Crippen molar-refractivity contribution >= 4 is 21.5 Å². The molecule has 1 saturated heterocycles. The topological polar surface area (TPSA) is 52.7 Å². The van der Waals surface area contributed by atoms with Gasteiger partial charge in [-0.05, 0) is 43.8 Å². The van der Waals surface area contributed by atoms with Crippen LogP contribution < -0.4 is 4.72 Å². The quantitative estimate of drug-likeness (QED) is 0.896. The number of nitrogens with zero attached hydrogens (tertiary/aromatic N) is 2. The fourth-order valence-electron chi connectivity index (χ4n) is 2.72. The standard InChI is InChI=1S/C13H23N3O2S2/c1-15(2)20(17,18)14-10-11-6-4-8-16(3)13(11)12-7-5-9-19-12/h5,7,9,11,13-14H,4,6,8,10H2,1-3H3. The van der Waals surface area contributed by atoms with E-state index in [1.165, 1.54) is 9.18 Å². The summed E-state index contributed by atoms with van der Waals surface area (Å²) in [5, 5.41) is 2.08. The van der Waals surface area contributed by atoms with Gasteiger partial charge in [-0.1, -0.05) is 6.07 Å². The summed E-state index contributed by atoms with van der Waals surface area (Å²) in [6.07, 6.45) is 2.18. The Morgan fingerprint density at radius 2 is 2.25 bits per heavy atom. The molecule has 1 aliphatic heterocycles. The maximum Gasteiger partial charge on any atom is 0.278 e. The number of rotatable bonds is 5. The monoisotopic (exact) mass is 317 g/mol. The molecule has 0 amide bonds. The summed E-state index contributed by atoms with van der Waals surface area (Å²) < 4.78 is 27.6. The highest BCUT2D eigenvalue weighted by Crippen LogP contribution is 2.36. The predicted octanol–water partition coefficient (Wildman–Crippen LogP) is 1.53. The van der Waals surface area contributed by atoms with Crippen LogP contribution in [0.25, 0.3) is 0 Å². The van der Waals surface area contributed by atoms with Crippen LogP contribution in [0, 0.1) is 5.92 Å². The fourth-order valence-corrected chi connectivity index (χ4v) is 4.39. The van der Waals surface area contributed by atoms with Crippen molar-refractivity contribution in [1.82, 2.24) is 13.9 Å². The summed E-state index contributed by atoms with van der Waals surface area (Å²) in [4.78, 5) is 3.66. The van der Waals surface area contributed by atoms with Crippen LogP contribution in [-0.2, 0) is 10.2 Å². The van der Waals surface area contributed by atoms with Gasteiger partial charge >= 0.3 is 0 Å². The van der Waals surface area contributed by atoms with Gasteiger partial charge in [-0.3, -0.25) is 4.90 Å². The lowest BCUT2D eigenvalue weighted by Crippen LogP contribution is -2.44. The molecule has 1 N–H and O–H groups in total. The molecule has 7 heteroatoms. The summed E-state index contributed by atoms with van der Waals surface area (Å²) in [6.45, 7) is 1.56. The SMILES string of the molecule is CN1CCCC(CNS(=O)(=O)N(C)C)C1c1cccs1. The summed E-state index contributed by atoms with van der Waals surface area (Å²) in [6, 6.07) is 4.52. The summed E-state index contributed by atoms with van der Waals surface area (Å²) in [5.74, 6) is 0.321. The van der Waals surface area contributed by atoms with Crippen molar-refractivity contribution in [1.29, 1.82) is 0 Å². The van der Waals surface area contributed by atoms with Crippen LogP contribution in [0.3, 0.4) is 0 Å². The first kappa shape index (κ1) is 15.9. The van der Waals surface area contributed by atoms with Crippen LogP contribution in [0.2, 0.25) is 0 Å². The van der Waals surface area contributed by atoms with Gasteiger partial charge < -0.3 is 0 Å². The third kappa shape index (κ3) is 3.59. The molecule has 1 aromatic heterocycles. The maximum absolute atomic E-state index is 11.9. The first-order valence-electron chi connectivity index (χ1n) is 6.82. The molecule has 2 unspecified atom stereocenters. The van der Waals surface area contributed by atoms with Crippen molar-refractivity contribution in [3.63, 3.8) is 0 Å². The van der Waals surface area contributed by atoms with Gasteiger partial charge in [-0.25, -0.2) is 4.72 Å². The largest absolute Gasteiger partial charge is 0.298 e. The van der Waals surface area contributed by atoms with Crippen molar-refractivity contribution in [3.05, 3.63) is 22.4 Å². The Hall–Kier alpha value is -0.470. The zero-order chi connectivity index (χ0) is 14.8. The highest BCUT2D eigenvalue weighted by Gasteiger charge is 2.32. The maximum atomic E-state index is 11.9. The minimum absolute atomic E-state index is 0.314. The predicted molar refractivity (Wildman–Crippen MR) is 83.0 cm³/mol. The van der Waals surface area contributed by atoms with Gasteiger partial charge in [0.05, 0.1) is 0 Å². The molecule has 5 nitrogen and oxygen atoms in total. The average molecular weight is 317 g/mol. The molecule has 20 heavy (non-hydrogen) atoms. The van der Waals surface area contributed by atoms with Crippen molar-refractivity contribution in [2.24, 2.45) is 5.92 Å². The average Bonchev–Trinajstić information content (AvgIpc) is 2.89. The van der Waals surface area contributed by atoms with E-state index in [1.54, 1.807) is 25.4 Å². The van der Waals surface area contributed by atoms with Gasteiger partial charge in [0.15, 0.2) is 0 Å². The van der Waals surface area contributed by atoms with Gasteiger partial charge in [0.1, 0.15) is 0 Å². The highest BCUT2D eigenvalue weighted by molar-refractivity contribution is 7.87. The number of thiophene rings is 1. The number of nitrogens with one attached hydrogen (secondary N) is 1. The van der Waals surface area contributed by atoms with Crippen molar-refractivity contribution in [2.45, 2.75) is 18.9 Å². The van der Waals surface area contributed by atoms with E-state index in [2.05, 4.69) is 34.2 Å². The Bertz CT molecular complexity index is 514. The Labute approximate surface area is 125 Å². The van der Waals surface area contributed by atoms with Gasteiger partial charge in [-0.2, -0.15) is 12.7 Å². The fraction of sp³-hybridized carbons (Fsp3) is 0.692.